The molecule has 0 aliphatic carbocycles. The van der Waals surface area contributed by atoms with Gasteiger partial charge >= 0.3 is 0 Å². The van der Waals surface area contributed by atoms with Crippen molar-refractivity contribution in [1.82, 2.24) is 0 Å². The molecule has 0 aliphatic rings. The molecular formula is C48H29NO3. The summed E-state index contributed by atoms with van der Waals surface area (Å²) in [5.41, 5.74) is 12.6. The third-order valence-electron chi connectivity index (χ3n) is 10.3. The molecule has 0 fully saturated rings. The van der Waals surface area contributed by atoms with Crippen LogP contribution < -0.4 is 4.90 Å². The molecular weight excluding hydrogens is 639 g/mol. The summed E-state index contributed by atoms with van der Waals surface area (Å²) < 4.78 is 19.4. The van der Waals surface area contributed by atoms with E-state index in [1.165, 1.54) is 0 Å². The van der Waals surface area contributed by atoms with E-state index in [1.54, 1.807) is 0 Å². The summed E-state index contributed by atoms with van der Waals surface area (Å²) in [6, 6.07) is 61.3. The molecule has 244 valence electrons. The van der Waals surface area contributed by atoms with Gasteiger partial charge < -0.3 is 18.2 Å². The van der Waals surface area contributed by atoms with Gasteiger partial charge in [-0.3, -0.25) is 0 Å². The molecule has 0 unspecified atom stereocenters. The number of rotatable bonds is 5. The predicted octanol–water partition coefficient (Wildman–Crippen LogP) is 14.2. The molecule has 3 heterocycles. The number of hydrogen-bond acceptors (Lipinski definition) is 4. The minimum atomic E-state index is 0.826. The number of furan rings is 3. The Bertz CT molecular complexity index is 3130. The van der Waals surface area contributed by atoms with Crippen LogP contribution in [0.2, 0.25) is 0 Å². The van der Waals surface area contributed by atoms with Crippen LogP contribution in [0.1, 0.15) is 0 Å². The van der Waals surface area contributed by atoms with Gasteiger partial charge in [-0.2, -0.15) is 0 Å². The van der Waals surface area contributed by atoms with Crippen molar-refractivity contribution in [3.63, 3.8) is 0 Å². The van der Waals surface area contributed by atoms with E-state index in [4.69, 9.17) is 13.3 Å². The van der Waals surface area contributed by atoms with E-state index in [2.05, 4.69) is 150 Å². The maximum atomic E-state index is 6.92. The molecule has 0 spiro atoms. The minimum Gasteiger partial charge on any atom is -0.456 e. The first kappa shape index (κ1) is 28.8. The summed E-state index contributed by atoms with van der Waals surface area (Å²) in [5, 5.41) is 6.59. The van der Waals surface area contributed by atoms with E-state index in [0.29, 0.717) is 0 Å². The highest BCUT2D eigenvalue weighted by molar-refractivity contribution is 6.14. The molecule has 4 nitrogen and oxygen atoms in total. The van der Waals surface area contributed by atoms with Gasteiger partial charge in [-0.25, -0.2) is 0 Å². The molecule has 0 saturated carbocycles. The summed E-state index contributed by atoms with van der Waals surface area (Å²) in [6.45, 7) is 0. The third-order valence-corrected chi connectivity index (χ3v) is 10.3. The summed E-state index contributed by atoms with van der Waals surface area (Å²) in [6.07, 6.45) is 0. The molecule has 0 bridgehead atoms. The molecule has 11 aromatic rings. The van der Waals surface area contributed by atoms with E-state index in [0.717, 1.165) is 105 Å². The zero-order chi connectivity index (χ0) is 34.2. The van der Waals surface area contributed by atoms with Crippen LogP contribution >= 0.6 is 0 Å². The zero-order valence-electron chi connectivity index (χ0n) is 27.9. The highest BCUT2D eigenvalue weighted by Crippen LogP contribution is 2.45. The summed E-state index contributed by atoms with van der Waals surface area (Å²) >= 11 is 0. The lowest BCUT2D eigenvalue weighted by Gasteiger charge is -2.25. The van der Waals surface area contributed by atoms with Crippen molar-refractivity contribution >= 4 is 82.9 Å². The van der Waals surface area contributed by atoms with E-state index >= 15 is 0 Å². The van der Waals surface area contributed by atoms with Crippen LogP contribution in [-0.4, -0.2) is 0 Å². The number of hydrogen-bond donors (Lipinski definition) is 0. The van der Waals surface area contributed by atoms with Crippen LogP contribution in [0.15, 0.2) is 189 Å². The first-order valence-electron chi connectivity index (χ1n) is 17.5. The Morgan fingerprint density at radius 1 is 0.308 bits per heavy atom. The monoisotopic (exact) mass is 667 g/mol. The fourth-order valence-electron chi connectivity index (χ4n) is 7.82. The van der Waals surface area contributed by atoms with Gasteiger partial charge in [0.25, 0.3) is 0 Å². The van der Waals surface area contributed by atoms with Gasteiger partial charge in [0.15, 0.2) is 5.58 Å². The predicted molar refractivity (Wildman–Crippen MR) is 214 cm³/mol. The Hall–Kier alpha value is -7.04. The molecule has 11 rings (SSSR count). The van der Waals surface area contributed by atoms with Gasteiger partial charge in [0.05, 0.1) is 11.4 Å². The number of para-hydroxylation sites is 4. The van der Waals surface area contributed by atoms with E-state index in [-0.39, 0.29) is 0 Å². The van der Waals surface area contributed by atoms with Crippen LogP contribution in [0, 0.1) is 0 Å². The Labute approximate surface area is 298 Å². The quantitative estimate of drug-likeness (QED) is 0.183. The standard InChI is InChI=1S/C48H29NO3/c1-2-10-31(11-3-1)35-14-8-15-39-40-16-9-17-42(48(40)52-47(35)39)49(34-25-26-38-36-12-4-6-18-43(36)51-46(38)29-34)33-23-20-30(21-24-33)32-22-27-45-41(28-32)37-13-5-7-19-44(37)50-45/h1-29H. The largest absolute Gasteiger partial charge is 0.456 e. The summed E-state index contributed by atoms with van der Waals surface area (Å²) in [5.74, 6) is 0. The Balaban J connectivity index is 1.10. The number of benzene rings is 8. The number of nitrogens with zero attached hydrogens (tertiary/aromatic N) is 1. The Morgan fingerprint density at radius 3 is 1.71 bits per heavy atom. The highest BCUT2D eigenvalue weighted by atomic mass is 16.3. The molecule has 0 N–H and O–H groups in total. The Kier molecular flexibility index (Phi) is 6.22. The van der Waals surface area contributed by atoms with Gasteiger partial charge in [0.1, 0.15) is 27.9 Å². The number of fused-ring (bicyclic) bond motifs is 9. The Morgan fingerprint density at radius 2 is 0.904 bits per heavy atom. The second-order valence-electron chi connectivity index (χ2n) is 13.3. The first-order chi connectivity index (χ1) is 25.8. The normalized spacial score (nSPS) is 11.8. The second-order valence-corrected chi connectivity index (χ2v) is 13.3. The van der Waals surface area contributed by atoms with Crippen molar-refractivity contribution in [1.29, 1.82) is 0 Å². The van der Waals surface area contributed by atoms with Gasteiger partial charge in [-0.1, -0.05) is 115 Å². The lowest BCUT2D eigenvalue weighted by molar-refractivity contribution is 0.668. The lowest BCUT2D eigenvalue weighted by Crippen LogP contribution is -2.10. The average Bonchev–Trinajstić information content (AvgIpc) is 3.90. The van der Waals surface area contributed by atoms with Crippen LogP contribution in [0.3, 0.4) is 0 Å². The van der Waals surface area contributed by atoms with Crippen molar-refractivity contribution in [3.8, 4) is 22.3 Å². The minimum absolute atomic E-state index is 0.826. The maximum Gasteiger partial charge on any atom is 0.159 e. The van der Waals surface area contributed by atoms with Gasteiger partial charge in [-0.15, -0.1) is 0 Å². The average molecular weight is 668 g/mol. The summed E-state index contributed by atoms with van der Waals surface area (Å²) in [4.78, 5) is 2.27. The van der Waals surface area contributed by atoms with Gasteiger partial charge in [0, 0.05) is 49.6 Å². The van der Waals surface area contributed by atoms with Crippen molar-refractivity contribution in [2.75, 3.05) is 4.90 Å². The van der Waals surface area contributed by atoms with Crippen LogP contribution in [0.5, 0.6) is 0 Å². The fraction of sp³-hybridized carbons (Fsp3) is 0. The van der Waals surface area contributed by atoms with Crippen LogP contribution in [0.25, 0.3) is 88.1 Å². The molecule has 52 heavy (non-hydrogen) atoms. The van der Waals surface area contributed by atoms with Crippen LogP contribution in [0.4, 0.5) is 17.1 Å². The van der Waals surface area contributed by atoms with E-state index < -0.39 is 0 Å². The van der Waals surface area contributed by atoms with Crippen molar-refractivity contribution in [2.45, 2.75) is 0 Å². The fourth-order valence-corrected chi connectivity index (χ4v) is 7.82. The van der Waals surface area contributed by atoms with E-state index in [9.17, 15) is 0 Å². The SMILES string of the molecule is c1ccc(-c2cccc3c2oc2c(N(c4ccc(-c5ccc6oc7ccccc7c6c5)cc4)c4ccc5c(c4)oc4ccccc45)cccc23)cc1. The number of anilines is 3. The molecule has 8 aromatic carbocycles. The highest BCUT2D eigenvalue weighted by Gasteiger charge is 2.22. The van der Waals surface area contributed by atoms with Gasteiger partial charge in [-0.05, 0) is 71.3 Å². The maximum absolute atomic E-state index is 6.92. The second kappa shape index (κ2) is 11.2. The van der Waals surface area contributed by atoms with E-state index in [1.807, 2.05) is 30.3 Å². The molecule has 3 aromatic heterocycles. The molecule has 4 heteroatoms. The van der Waals surface area contributed by atoms with Crippen molar-refractivity contribution < 1.29 is 13.3 Å². The van der Waals surface area contributed by atoms with Gasteiger partial charge in [0.2, 0.25) is 0 Å². The topological polar surface area (TPSA) is 42.7 Å². The van der Waals surface area contributed by atoms with Crippen molar-refractivity contribution in [2.24, 2.45) is 0 Å². The lowest BCUT2D eigenvalue weighted by atomic mass is 10.0. The molecule has 0 radical (unpaired) electrons. The molecule has 0 amide bonds. The van der Waals surface area contributed by atoms with Crippen LogP contribution in [-0.2, 0) is 0 Å². The first-order valence-corrected chi connectivity index (χ1v) is 17.5. The van der Waals surface area contributed by atoms with Crippen molar-refractivity contribution in [3.05, 3.63) is 176 Å². The molecule has 0 atom stereocenters. The molecule has 0 saturated heterocycles. The smallest absolute Gasteiger partial charge is 0.159 e. The molecule has 0 aliphatic heterocycles. The zero-order valence-corrected chi connectivity index (χ0v) is 27.9. The summed E-state index contributed by atoms with van der Waals surface area (Å²) in [7, 11) is 0. The third kappa shape index (κ3) is 4.41.